The molecule has 1 aromatic carbocycles. The summed E-state index contributed by atoms with van der Waals surface area (Å²) in [7, 11) is 1.60. The van der Waals surface area contributed by atoms with Crippen molar-refractivity contribution >= 4 is 11.9 Å². The molecule has 1 saturated carbocycles. The fourth-order valence-electron chi connectivity index (χ4n) is 4.29. The van der Waals surface area contributed by atoms with Crippen LogP contribution in [0, 0.1) is 5.92 Å². The lowest BCUT2D eigenvalue weighted by Crippen LogP contribution is -2.47. The van der Waals surface area contributed by atoms with E-state index in [1.54, 1.807) is 7.11 Å². The first-order valence-corrected chi connectivity index (χ1v) is 8.97. The minimum absolute atomic E-state index is 0.136. The third-order valence-electron chi connectivity index (χ3n) is 5.50. The van der Waals surface area contributed by atoms with Gasteiger partial charge >= 0.3 is 5.97 Å². The molecule has 6 nitrogen and oxygen atoms in total. The molecule has 0 spiro atoms. The van der Waals surface area contributed by atoms with Gasteiger partial charge in [-0.2, -0.15) is 0 Å². The number of methoxy groups -OCH3 is 1. The van der Waals surface area contributed by atoms with Crippen molar-refractivity contribution in [2.75, 3.05) is 13.7 Å². The van der Waals surface area contributed by atoms with Crippen LogP contribution in [0.4, 0.5) is 0 Å². The van der Waals surface area contributed by atoms with Gasteiger partial charge in [0.2, 0.25) is 5.91 Å². The van der Waals surface area contributed by atoms with E-state index in [9.17, 15) is 14.7 Å². The fraction of sp³-hybridized carbons (Fsp3) is 0.579. The molecule has 1 heterocycles. The van der Waals surface area contributed by atoms with E-state index in [1.165, 1.54) is 6.42 Å². The van der Waals surface area contributed by atoms with Crippen molar-refractivity contribution < 1.29 is 19.4 Å². The highest BCUT2D eigenvalue weighted by Gasteiger charge is 2.45. The van der Waals surface area contributed by atoms with Gasteiger partial charge in [-0.25, -0.2) is 0 Å². The van der Waals surface area contributed by atoms with E-state index in [4.69, 9.17) is 4.74 Å². The number of carboxylic acids is 1. The summed E-state index contributed by atoms with van der Waals surface area (Å²) < 4.78 is 5.29. The van der Waals surface area contributed by atoms with E-state index < -0.39 is 12.0 Å². The summed E-state index contributed by atoms with van der Waals surface area (Å²) in [6.07, 6.45) is 5.02. The fourth-order valence-corrected chi connectivity index (χ4v) is 4.29. The monoisotopic (exact) mass is 346 g/mol. The highest BCUT2D eigenvalue weighted by Crippen LogP contribution is 2.39. The number of hydrogen-bond donors (Lipinski definition) is 2. The number of ether oxygens (including phenoxy) is 1. The number of carbonyl (C=O) groups excluding carboxylic acids is 1. The van der Waals surface area contributed by atoms with Crippen molar-refractivity contribution in [2.45, 2.75) is 50.7 Å². The van der Waals surface area contributed by atoms with Crippen molar-refractivity contribution in [2.24, 2.45) is 5.92 Å². The van der Waals surface area contributed by atoms with Crippen LogP contribution in [0.5, 0.6) is 5.75 Å². The van der Waals surface area contributed by atoms with E-state index in [0.29, 0.717) is 18.9 Å². The van der Waals surface area contributed by atoms with Crippen LogP contribution in [-0.2, 0) is 16.1 Å². The molecule has 1 aromatic rings. The van der Waals surface area contributed by atoms with Crippen LogP contribution in [0.15, 0.2) is 24.3 Å². The molecule has 2 fully saturated rings. The summed E-state index contributed by atoms with van der Waals surface area (Å²) in [4.78, 5) is 25.9. The SMILES string of the molecule is COc1ccccc1CNC(=O)CN1[C@H](C(=O)O)C[C@H]2CCCC[C@@H]21. The van der Waals surface area contributed by atoms with Gasteiger partial charge in [-0.3, -0.25) is 14.5 Å². The number of carbonyl (C=O) groups is 2. The van der Waals surface area contributed by atoms with Crippen LogP contribution >= 0.6 is 0 Å². The van der Waals surface area contributed by atoms with Crippen molar-refractivity contribution in [3.05, 3.63) is 29.8 Å². The molecule has 2 aliphatic rings. The van der Waals surface area contributed by atoms with Crippen molar-refractivity contribution in [1.29, 1.82) is 0 Å². The molecular formula is C19H26N2O4. The molecule has 1 aliphatic carbocycles. The first-order valence-electron chi connectivity index (χ1n) is 8.97. The van der Waals surface area contributed by atoms with Gasteiger partial charge in [-0.15, -0.1) is 0 Å². The number of aliphatic carboxylic acids is 1. The normalized spacial score (nSPS) is 26.0. The van der Waals surface area contributed by atoms with Crippen LogP contribution in [0.25, 0.3) is 0 Å². The Labute approximate surface area is 148 Å². The molecule has 1 saturated heterocycles. The molecule has 6 heteroatoms. The minimum atomic E-state index is -0.813. The largest absolute Gasteiger partial charge is 0.496 e. The van der Waals surface area contributed by atoms with E-state index in [0.717, 1.165) is 30.6 Å². The van der Waals surface area contributed by atoms with Gasteiger partial charge in [0.25, 0.3) is 0 Å². The smallest absolute Gasteiger partial charge is 0.320 e. The zero-order valence-corrected chi connectivity index (χ0v) is 14.6. The van der Waals surface area contributed by atoms with Crippen LogP contribution in [0.2, 0.25) is 0 Å². The molecule has 1 amide bonds. The molecule has 0 bridgehead atoms. The molecule has 0 aromatic heterocycles. The molecule has 3 rings (SSSR count). The number of nitrogens with zero attached hydrogens (tertiary/aromatic N) is 1. The lowest BCUT2D eigenvalue weighted by molar-refractivity contribution is -0.143. The molecule has 136 valence electrons. The Morgan fingerprint density at radius 3 is 2.80 bits per heavy atom. The Morgan fingerprint density at radius 1 is 1.28 bits per heavy atom. The van der Waals surface area contributed by atoms with Gasteiger partial charge < -0.3 is 15.2 Å². The Bertz CT molecular complexity index is 634. The predicted octanol–water partition coefficient (Wildman–Crippen LogP) is 2.03. The van der Waals surface area contributed by atoms with Gasteiger partial charge in [0.1, 0.15) is 11.8 Å². The van der Waals surface area contributed by atoms with Gasteiger partial charge in [-0.05, 0) is 31.2 Å². The van der Waals surface area contributed by atoms with Crippen LogP contribution in [0.3, 0.4) is 0 Å². The molecule has 2 N–H and O–H groups in total. The van der Waals surface area contributed by atoms with Crippen LogP contribution in [-0.4, -0.2) is 47.6 Å². The number of rotatable bonds is 6. The average molecular weight is 346 g/mol. The zero-order chi connectivity index (χ0) is 17.8. The van der Waals surface area contributed by atoms with E-state index >= 15 is 0 Å². The topological polar surface area (TPSA) is 78.9 Å². The quantitative estimate of drug-likeness (QED) is 0.824. The maximum atomic E-state index is 12.4. The van der Waals surface area contributed by atoms with Crippen LogP contribution in [0.1, 0.15) is 37.7 Å². The Hall–Kier alpha value is -2.08. The van der Waals surface area contributed by atoms with Crippen molar-refractivity contribution in [3.63, 3.8) is 0 Å². The highest BCUT2D eigenvalue weighted by molar-refractivity contribution is 5.80. The average Bonchev–Trinajstić information content (AvgIpc) is 2.99. The van der Waals surface area contributed by atoms with E-state index in [2.05, 4.69) is 5.32 Å². The van der Waals surface area contributed by atoms with Crippen molar-refractivity contribution in [1.82, 2.24) is 10.2 Å². The maximum Gasteiger partial charge on any atom is 0.320 e. The molecule has 0 unspecified atom stereocenters. The molecule has 0 radical (unpaired) electrons. The maximum absolute atomic E-state index is 12.4. The number of hydrogen-bond acceptors (Lipinski definition) is 4. The Morgan fingerprint density at radius 2 is 2.04 bits per heavy atom. The first kappa shape index (κ1) is 17.7. The van der Waals surface area contributed by atoms with Gasteiger partial charge in [0.15, 0.2) is 0 Å². The standard InChI is InChI=1S/C19H26N2O4/c1-25-17-9-5-3-7-14(17)11-20-18(22)12-21-15-8-4-2-6-13(15)10-16(21)19(23)24/h3,5,7,9,13,15-16H,2,4,6,8,10-12H2,1H3,(H,20,22)(H,23,24)/t13-,15+,16+/m1/s1. The summed E-state index contributed by atoms with van der Waals surface area (Å²) in [5.74, 6) is 0.201. The Balaban J connectivity index is 1.61. The second-order valence-electron chi connectivity index (χ2n) is 6.96. The summed E-state index contributed by atoms with van der Waals surface area (Å²) in [5.41, 5.74) is 0.907. The predicted molar refractivity (Wildman–Crippen MR) is 93.3 cm³/mol. The molecular weight excluding hydrogens is 320 g/mol. The van der Waals surface area contributed by atoms with Gasteiger partial charge in [-0.1, -0.05) is 31.0 Å². The Kier molecular flexibility index (Phi) is 5.58. The molecule has 1 aliphatic heterocycles. The lowest BCUT2D eigenvalue weighted by Gasteiger charge is -2.32. The number of amides is 1. The first-order chi connectivity index (χ1) is 12.1. The molecule has 3 atom stereocenters. The second-order valence-corrected chi connectivity index (χ2v) is 6.96. The summed E-state index contributed by atoms with van der Waals surface area (Å²) in [6.45, 7) is 0.524. The highest BCUT2D eigenvalue weighted by atomic mass is 16.5. The zero-order valence-electron chi connectivity index (χ0n) is 14.6. The van der Waals surface area contributed by atoms with Gasteiger partial charge in [0, 0.05) is 18.2 Å². The lowest BCUT2D eigenvalue weighted by atomic mass is 9.85. The number of benzene rings is 1. The van der Waals surface area contributed by atoms with Crippen LogP contribution < -0.4 is 10.1 Å². The summed E-state index contributed by atoms with van der Waals surface area (Å²) in [5, 5.41) is 12.4. The second kappa shape index (κ2) is 7.87. The summed E-state index contributed by atoms with van der Waals surface area (Å²) in [6, 6.07) is 7.24. The van der Waals surface area contributed by atoms with Gasteiger partial charge in [0.05, 0.1) is 13.7 Å². The number of para-hydroxylation sites is 1. The molecule has 25 heavy (non-hydrogen) atoms. The minimum Gasteiger partial charge on any atom is -0.496 e. The third-order valence-corrected chi connectivity index (χ3v) is 5.50. The number of carboxylic acid groups (broad SMARTS) is 1. The number of nitrogens with one attached hydrogen (secondary N) is 1. The van der Waals surface area contributed by atoms with E-state index in [-0.39, 0.29) is 18.5 Å². The van der Waals surface area contributed by atoms with Crippen molar-refractivity contribution in [3.8, 4) is 5.75 Å². The third kappa shape index (κ3) is 3.95. The summed E-state index contributed by atoms with van der Waals surface area (Å²) >= 11 is 0. The van der Waals surface area contributed by atoms with E-state index in [1.807, 2.05) is 29.2 Å². The number of fused-ring (bicyclic) bond motifs is 1. The number of likely N-dealkylation sites (tertiary alicyclic amines) is 1.